The normalized spacial score (nSPS) is 11.7. The predicted octanol–water partition coefficient (Wildman–Crippen LogP) is 2.28. The number of aryl methyl sites for hydroxylation is 1. The van der Waals surface area contributed by atoms with Gasteiger partial charge < -0.3 is 4.42 Å². The van der Waals surface area contributed by atoms with Crippen molar-refractivity contribution in [2.24, 2.45) is 0 Å². The maximum absolute atomic E-state index is 12.2. The molecular weight excluding hydrogens is 348 g/mol. The smallest absolute Gasteiger partial charge is 0.250 e. The topological polar surface area (TPSA) is 98.0 Å². The van der Waals surface area contributed by atoms with Crippen LogP contribution in [0.2, 0.25) is 0 Å². The fraction of sp³-hybridized carbons (Fsp3) is 0.267. The summed E-state index contributed by atoms with van der Waals surface area (Å²) in [5.41, 5.74) is 0.773. The first-order chi connectivity index (χ1) is 11.6. The number of hydrogen-bond acceptors (Lipinski definition) is 7. The van der Waals surface area contributed by atoms with E-state index in [9.17, 15) is 8.42 Å². The van der Waals surface area contributed by atoms with Crippen molar-refractivity contribution in [3.63, 3.8) is 0 Å². The number of pyridine rings is 1. The number of hydrogen-bond donors (Lipinski definition) is 1. The van der Waals surface area contributed by atoms with Crippen LogP contribution in [-0.2, 0) is 22.9 Å². The molecule has 0 aromatic carbocycles. The van der Waals surface area contributed by atoms with Crippen LogP contribution in [0.4, 0.5) is 0 Å². The van der Waals surface area contributed by atoms with Crippen LogP contribution < -0.4 is 4.72 Å². The van der Waals surface area contributed by atoms with Gasteiger partial charge in [-0.25, -0.2) is 13.1 Å². The van der Waals surface area contributed by atoms with Crippen molar-refractivity contribution in [1.29, 1.82) is 0 Å². The van der Waals surface area contributed by atoms with E-state index in [0.717, 1.165) is 16.9 Å². The monoisotopic (exact) mass is 364 g/mol. The molecule has 0 amide bonds. The summed E-state index contributed by atoms with van der Waals surface area (Å²) in [6.07, 6.45) is 4.42. The highest BCUT2D eigenvalue weighted by Crippen LogP contribution is 2.21. The third kappa shape index (κ3) is 3.86. The van der Waals surface area contributed by atoms with E-state index in [0.29, 0.717) is 22.4 Å². The maximum atomic E-state index is 12.2. The Labute approximate surface area is 143 Å². The van der Waals surface area contributed by atoms with E-state index in [1.54, 1.807) is 30.6 Å². The van der Waals surface area contributed by atoms with Gasteiger partial charge in [-0.05, 0) is 30.7 Å². The number of sulfonamides is 1. The average Bonchev–Trinajstić information content (AvgIpc) is 3.25. The van der Waals surface area contributed by atoms with E-state index >= 15 is 0 Å². The predicted molar refractivity (Wildman–Crippen MR) is 90.1 cm³/mol. The van der Waals surface area contributed by atoms with Crippen LogP contribution in [0.15, 0.2) is 45.3 Å². The van der Waals surface area contributed by atoms with Crippen molar-refractivity contribution in [2.75, 3.05) is 6.54 Å². The van der Waals surface area contributed by atoms with Gasteiger partial charge in [-0.3, -0.25) is 4.98 Å². The lowest BCUT2D eigenvalue weighted by molar-refractivity contribution is 0.502. The van der Waals surface area contributed by atoms with Gasteiger partial charge in [0.2, 0.25) is 21.8 Å². The molecule has 24 heavy (non-hydrogen) atoms. The summed E-state index contributed by atoms with van der Waals surface area (Å²) in [4.78, 5) is 4.96. The minimum absolute atomic E-state index is 0.194. The zero-order chi connectivity index (χ0) is 17.0. The van der Waals surface area contributed by atoms with Crippen molar-refractivity contribution >= 4 is 21.4 Å². The van der Waals surface area contributed by atoms with E-state index in [1.165, 1.54) is 11.3 Å². The number of rotatable bonds is 7. The van der Waals surface area contributed by atoms with Gasteiger partial charge in [0.1, 0.15) is 4.21 Å². The molecule has 0 aliphatic rings. The molecule has 126 valence electrons. The molecule has 0 atom stereocenters. The molecule has 3 rings (SSSR count). The second-order valence-electron chi connectivity index (χ2n) is 4.96. The minimum Gasteiger partial charge on any atom is -0.421 e. The number of thiophene rings is 1. The third-order valence-electron chi connectivity index (χ3n) is 3.28. The zero-order valence-corrected chi connectivity index (χ0v) is 14.6. The highest BCUT2D eigenvalue weighted by molar-refractivity contribution is 7.91. The lowest BCUT2D eigenvalue weighted by Gasteiger charge is -2.02. The first kappa shape index (κ1) is 16.7. The first-order valence-corrected chi connectivity index (χ1v) is 9.69. The Hall–Kier alpha value is -2.10. The number of nitrogens with one attached hydrogen (secondary N) is 1. The molecule has 0 spiro atoms. The molecule has 7 nitrogen and oxygen atoms in total. The Morgan fingerprint density at radius 3 is 2.67 bits per heavy atom. The Morgan fingerprint density at radius 2 is 1.96 bits per heavy atom. The van der Waals surface area contributed by atoms with Crippen molar-refractivity contribution in [3.8, 4) is 11.5 Å². The molecular formula is C15H16N4O3S2. The van der Waals surface area contributed by atoms with Crippen LogP contribution >= 0.6 is 11.3 Å². The molecule has 0 bridgehead atoms. The van der Waals surface area contributed by atoms with Crippen molar-refractivity contribution in [1.82, 2.24) is 19.9 Å². The molecule has 9 heteroatoms. The van der Waals surface area contributed by atoms with Crippen LogP contribution in [0.5, 0.6) is 0 Å². The molecule has 0 saturated heterocycles. The summed E-state index contributed by atoms with van der Waals surface area (Å²) in [6, 6.07) is 6.99. The molecule has 0 saturated carbocycles. The fourth-order valence-electron chi connectivity index (χ4n) is 2.02. The highest BCUT2D eigenvalue weighted by atomic mass is 32.2. The average molecular weight is 364 g/mol. The first-order valence-electron chi connectivity index (χ1n) is 7.39. The van der Waals surface area contributed by atoms with Gasteiger partial charge in [0, 0.05) is 35.8 Å². The molecule has 3 aromatic heterocycles. The Bertz CT molecular complexity index is 904. The summed E-state index contributed by atoms with van der Waals surface area (Å²) in [5.74, 6) is 0.769. The highest BCUT2D eigenvalue weighted by Gasteiger charge is 2.17. The number of aromatic nitrogens is 3. The molecule has 3 aromatic rings. The Balaban J connectivity index is 1.59. The lowest BCUT2D eigenvalue weighted by atomic mass is 10.3. The van der Waals surface area contributed by atoms with Crippen molar-refractivity contribution in [2.45, 2.75) is 24.0 Å². The fourth-order valence-corrected chi connectivity index (χ4v) is 4.39. The van der Waals surface area contributed by atoms with Gasteiger partial charge in [-0.2, -0.15) is 0 Å². The SMILES string of the molecule is CCc1ccc(S(=O)(=O)NCCc2nnc(-c3ccncc3)o2)s1. The molecule has 0 fully saturated rings. The van der Waals surface area contributed by atoms with Crippen LogP contribution in [0.1, 0.15) is 17.7 Å². The molecule has 0 radical (unpaired) electrons. The third-order valence-corrected chi connectivity index (χ3v) is 6.46. The van der Waals surface area contributed by atoms with Crippen LogP contribution in [0, 0.1) is 0 Å². The summed E-state index contributed by atoms with van der Waals surface area (Å²) >= 11 is 1.28. The minimum atomic E-state index is -3.49. The molecule has 0 aliphatic carbocycles. The zero-order valence-electron chi connectivity index (χ0n) is 13.0. The van der Waals surface area contributed by atoms with Crippen LogP contribution in [0.25, 0.3) is 11.5 Å². The van der Waals surface area contributed by atoms with Gasteiger partial charge in [0.25, 0.3) is 0 Å². The van der Waals surface area contributed by atoms with Crippen LogP contribution in [-0.4, -0.2) is 30.1 Å². The summed E-state index contributed by atoms with van der Waals surface area (Å²) < 4.78 is 32.8. The van der Waals surface area contributed by atoms with Crippen LogP contribution in [0.3, 0.4) is 0 Å². The van der Waals surface area contributed by atoms with Gasteiger partial charge >= 0.3 is 0 Å². The van der Waals surface area contributed by atoms with E-state index < -0.39 is 10.0 Å². The summed E-state index contributed by atoms with van der Waals surface area (Å²) in [6.45, 7) is 2.19. The van der Waals surface area contributed by atoms with Gasteiger partial charge in [0.15, 0.2) is 0 Å². The van der Waals surface area contributed by atoms with Gasteiger partial charge in [0.05, 0.1) is 0 Å². The van der Waals surface area contributed by atoms with Gasteiger partial charge in [-0.1, -0.05) is 6.92 Å². The van der Waals surface area contributed by atoms with E-state index in [1.807, 2.05) is 13.0 Å². The lowest BCUT2D eigenvalue weighted by Crippen LogP contribution is -2.25. The number of nitrogens with zero attached hydrogens (tertiary/aromatic N) is 3. The molecule has 1 N–H and O–H groups in total. The van der Waals surface area contributed by atoms with Crippen molar-refractivity contribution < 1.29 is 12.8 Å². The van der Waals surface area contributed by atoms with Crippen molar-refractivity contribution in [3.05, 3.63) is 47.4 Å². The standard InChI is InChI=1S/C15H16N4O3S2/c1-2-12-3-4-14(23-12)24(20,21)17-10-7-13-18-19-15(22-13)11-5-8-16-9-6-11/h3-6,8-9,17H,2,7,10H2,1H3. The molecule has 3 heterocycles. The molecule has 0 aliphatic heterocycles. The second kappa shape index (κ2) is 7.20. The summed E-state index contributed by atoms with van der Waals surface area (Å²) in [7, 11) is -3.49. The Kier molecular flexibility index (Phi) is 5.03. The summed E-state index contributed by atoms with van der Waals surface area (Å²) in [5, 5.41) is 7.89. The maximum Gasteiger partial charge on any atom is 0.250 e. The second-order valence-corrected chi connectivity index (χ2v) is 8.12. The van der Waals surface area contributed by atoms with Gasteiger partial charge in [-0.15, -0.1) is 21.5 Å². The molecule has 0 unspecified atom stereocenters. The van der Waals surface area contributed by atoms with E-state index in [2.05, 4.69) is 19.9 Å². The Morgan fingerprint density at radius 1 is 1.17 bits per heavy atom. The largest absolute Gasteiger partial charge is 0.421 e. The van der Waals surface area contributed by atoms with E-state index in [-0.39, 0.29) is 6.54 Å². The van der Waals surface area contributed by atoms with E-state index in [4.69, 9.17) is 4.42 Å². The quantitative estimate of drug-likeness (QED) is 0.691.